The molecule has 1 unspecified atom stereocenters. The summed E-state index contributed by atoms with van der Waals surface area (Å²) in [6, 6.07) is 11.1. The van der Waals surface area contributed by atoms with Crippen LogP contribution in [0.25, 0.3) is 0 Å². The number of guanidine groups is 1. The minimum Gasteiger partial charge on any atom is -0.355 e. The van der Waals surface area contributed by atoms with Crippen molar-refractivity contribution >= 4 is 29.9 Å². The molecule has 2 aromatic rings. The highest BCUT2D eigenvalue weighted by Crippen LogP contribution is 2.15. The SMILES string of the molecule is CN=C(NCCN1CCCCC1C)NCc1ccccc1Cn1cccn1.I. The summed E-state index contributed by atoms with van der Waals surface area (Å²) in [6.07, 6.45) is 7.82. The quantitative estimate of drug-likeness (QED) is 0.352. The van der Waals surface area contributed by atoms with E-state index in [2.05, 4.69) is 56.8 Å². The summed E-state index contributed by atoms with van der Waals surface area (Å²) < 4.78 is 1.95. The molecule has 0 bridgehead atoms. The van der Waals surface area contributed by atoms with Crippen molar-refractivity contribution in [3.63, 3.8) is 0 Å². The van der Waals surface area contributed by atoms with Gasteiger partial charge in [0.1, 0.15) is 0 Å². The first-order chi connectivity index (χ1) is 13.3. The van der Waals surface area contributed by atoms with E-state index in [4.69, 9.17) is 0 Å². The summed E-state index contributed by atoms with van der Waals surface area (Å²) in [5.74, 6) is 0.855. The van der Waals surface area contributed by atoms with E-state index in [0.717, 1.165) is 32.1 Å². The molecule has 1 atom stereocenters. The van der Waals surface area contributed by atoms with Gasteiger partial charge in [0.15, 0.2) is 5.96 Å². The van der Waals surface area contributed by atoms with Crippen molar-refractivity contribution in [2.75, 3.05) is 26.7 Å². The van der Waals surface area contributed by atoms with Crippen LogP contribution < -0.4 is 10.6 Å². The molecule has 0 radical (unpaired) electrons. The molecule has 1 aliphatic rings. The Kier molecular flexibility index (Phi) is 9.77. The molecule has 1 aromatic carbocycles. The summed E-state index contributed by atoms with van der Waals surface area (Å²) in [5, 5.41) is 11.2. The van der Waals surface area contributed by atoms with Crippen LogP contribution in [0.1, 0.15) is 37.3 Å². The van der Waals surface area contributed by atoms with Crippen molar-refractivity contribution in [2.24, 2.45) is 4.99 Å². The normalized spacial score (nSPS) is 17.8. The fourth-order valence-electron chi connectivity index (χ4n) is 3.66. The molecular formula is C21H33IN6. The third-order valence-corrected chi connectivity index (χ3v) is 5.31. The number of aliphatic imine (C=N–C) groups is 1. The van der Waals surface area contributed by atoms with Crippen molar-refractivity contribution in [3.05, 3.63) is 53.9 Å². The van der Waals surface area contributed by atoms with Crippen molar-refractivity contribution in [1.82, 2.24) is 25.3 Å². The molecule has 0 aliphatic carbocycles. The van der Waals surface area contributed by atoms with Gasteiger partial charge in [-0.25, -0.2) is 0 Å². The number of nitrogens with zero attached hydrogens (tertiary/aromatic N) is 4. The van der Waals surface area contributed by atoms with E-state index < -0.39 is 0 Å². The van der Waals surface area contributed by atoms with Gasteiger partial charge >= 0.3 is 0 Å². The minimum absolute atomic E-state index is 0. The smallest absolute Gasteiger partial charge is 0.191 e. The van der Waals surface area contributed by atoms with Crippen molar-refractivity contribution in [2.45, 2.75) is 45.3 Å². The van der Waals surface area contributed by atoms with E-state index in [-0.39, 0.29) is 24.0 Å². The van der Waals surface area contributed by atoms with E-state index in [1.165, 1.54) is 36.9 Å². The molecule has 1 aliphatic heterocycles. The fourth-order valence-corrected chi connectivity index (χ4v) is 3.66. The molecule has 1 fully saturated rings. The second kappa shape index (κ2) is 12.1. The third-order valence-electron chi connectivity index (χ3n) is 5.31. The maximum absolute atomic E-state index is 4.37. The number of halogens is 1. The van der Waals surface area contributed by atoms with Crippen LogP contribution in [0.4, 0.5) is 0 Å². The Morgan fingerprint density at radius 3 is 2.71 bits per heavy atom. The van der Waals surface area contributed by atoms with Crippen molar-refractivity contribution < 1.29 is 0 Å². The average molecular weight is 496 g/mol. The van der Waals surface area contributed by atoms with Gasteiger partial charge in [0.05, 0.1) is 6.54 Å². The summed E-state index contributed by atoms with van der Waals surface area (Å²) in [7, 11) is 1.83. The molecule has 28 heavy (non-hydrogen) atoms. The average Bonchev–Trinajstić information content (AvgIpc) is 3.20. The lowest BCUT2D eigenvalue weighted by Gasteiger charge is -2.33. The number of nitrogens with one attached hydrogen (secondary N) is 2. The second-order valence-corrected chi connectivity index (χ2v) is 7.21. The lowest BCUT2D eigenvalue weighted by Crippen LogP contribution is -2.45. The first-order valence-corrected chi connectivity index (χ1v) is 9.99. The monoisotopic (exact) mass is 496 g/mol. The van der Waals surface area contributed by atoms with Crippen molar-refractivity contribution in [3.8, 4) is 0 Å². The van der Waals surface area contributed by atoms with E-state index in [1.807, 2.05) is 30.2 Å². The Morgan fingerprint density at radius 2 is 2.00 bits per heavy atom. The van der Waals surface area contributed by atoms with Gasteiger partial charge in [-0.15, -0.1) is 24.0 Å². The zero-order valence-electron chi connectivity index (χ0n) is 17.0. The number of benzene rings is 1. The molecule has 0 saturated carbocycles. The largest absolute Gasteiger partial charge is 0.355 e. The lowest BCUT2D eigenvalue weighted by molar-refractivity contribution is 0.163. The van der Waals surface area contributed by atoms with E-state index >= 15 is 0 Å². The molecule has 0 spiro atoms. The summed E-state index contributed by atoms with van der Waals surface area (Å²) >= 11 is 0. The molecule has 2 heterocycles. The Labute approximate surface area is 185 Å². The zero-order valence-corrected chi connectivity index (χ0v) is 19.3. The van der Waals surface area contributed by atoms with Crippen LogP contribution in [0, 0.1) is 0 Å². The fraction of sp³-hybridized carbons (Fsp3) is 0.524. The van der Waals surface area contributed by atoms with Gasteiger partial charge in [0.25, 0.3) is 0 Å². The van der Waals surface area contributed by atoms with Crippen LogP contribution in [0.15, 0.2) is 47.7 Å². The van der Waals surface area contributed by atoms with Crippen LogP contribution >= 0.6 is 24.0 Å². The Hall–Kier alpha value is -1.61. The van der Waals surface area contributed by atoms with Gasteiger partial charge in [0, 0.05) is 45.1 Å². The van der Waals surface area contributed by atoms with Crippen LogP contribution in [0.3, 0.4) is 0 Å². The Balaban J connectivity index is 0.00000280. The Morgan fingerprint density at radius 1 is 1.18 bits per heavy atom. The summed E-state index contributed by atoms with van der Waals surface area (Å²) in [4.78, 5) is 6.94. The zero-order chi connectivity index (χ0) is 18.9. The first kappa shape index (κ1) is 22.7. The number of aromatic nitrogens is 2. The van der Waals surface area contributed by atoms with Crippen LogP contribution in [0.2, 0.25) is 0 Å². The van der Waals surface area contributed by atoms with Gasteiger partial charge in [-0.05, 0) is 43.5 Å². The molecule has 2 N–H and O–H groups in total. The molecule has 1 aromatic heterocycles. The maximum atomic E-state index is 4.37. The van der Waals surface area contributed by atoms with Gasteiger partial charge in [0.2, 0.25) is 0 Å². The highest BCUT2D eigenvalue weighted by molar-refractivity contribution is 14.0. The van der Waals surface area contributed by atoms with Gasteiger partial charge < -0.3 is 10.6 Å². The minimum atomic E-state index is 0. The maximum Gasteiger partial charge on any atom is 0.191 e. The molecule has 154 valence electrons. The number of hydrogen-bond acceptors (Lipinski definition) is 3. The van der Waals surface area contributed by atoms with Crippen molar-refractivity contribution in [1.29, 1.82) is 0 Å². The number of hydrogen-bond donors (Lipinski definition) is 2. The lowest BCUT2D eigenvalue weighted by atomic mass is 10.0. The molecule has 3 rings (SSSR count). The highest BCUT2D eigenvalue weighted by Gasteiger charge is 2.17. The predicted octanol–water partition coefficient (Wildman–Crippen LogP) is 3.09. The number of rotatable bonds is 7. The first-order valence-electron chi connectivity index (χ1n) is 9.99. The molecule has 7 heteroatoms. The molecule has 0 amide bonds. The van der Waals surface area contributed by atoms with Gasteiger partial charge in [-0.1, -0.05) is 30.7 Å². The number of likely N-dealkylation sites (tertiary alicyclic amines) is 1. The molecular weight excluding hydrogens is 463 g/mol. The topological polar surface area (TPSA) is 57.5 Å². The van der Waals surface area contributed by atoms with E-state index in [1.54, 1.807) is 0 Å². The van der Waals surface area contributed by atoms with E-state index in [0.29, 0.717) is 6.04 Å². The van der Waals surface area contributed by atoms with Crippen LogP contribution in [0.5, 0.6) is 0 Å². The summed E-state index contributed by atoms with van der Waals surface area (Å²) in [5.41, 5.74) is 2.53. The molecule has 1 saturated heterocycles. The predicted molar refractivity (Wildman–Crippen MR) is 126 cm³/mol. The highest BCUT2D eigenvalue weighted by atomic mass is 127. The van der Waals surface area contributed by atoms with Gasteiger partial charge in [-0.3, -0.25) is 14.6 Å². The Bertz CT molecular complexity index is 715. The van der Waals surface area contributed by atoms with Crippen LogP contribution in [-0.2, 0) is 13.1 Å². The summed E-state index contributed by atoms with van der Waals surface area (Å²) in [6.45, 7) is 7.07. The number of piperidine rings is 1. The second-order valence-electron chi connectivity index (χ2n) is 7.21. The van der Waals surface area contributed by atoms with Crippen LogP contribution in [-0.4, -0.2) is 53.4 Å². The standard InChI is InChI=1S/C21H32N6.HI/c1-18-8-5-6-13-26(18)15-12-23-21(22-2)24-16-19-9-3-4-10-20(19)17-27-14-7-11-25-27;/h3-4,7,9-11,14,18H,5-6,8,12-13,15-17H2,1-2H3,(H2,22,23,24);1H. The molecule has 6 nitrogen and oxygen atoms in total. The third kappa shape index (κ3) is 6.77. The van der Waals surface area contributed by atoms with E-state index in [9.17, 15) is 0 Å². The van der Waals surface area contributed by atoms with Gasteiger partial charge in [-0.2, -0.15) is 5.10 Å².